The van der Waals surface area contributed by atoms with E-state index in [0.29, 0.717) is 12.0 Å². The van der Waals surface area contributed by atoms with Gasteiger partial charge in [-0.2, -0.15) is 0 Å². The molecule has 0 saturated heterocycles. The normalized spacial score (nSPS) is 11.4. The summed E-state index contributed by atoms with van der Waals surface area (Å²) >= 11 is 7.89. The summed E-state index contributed by atoms with van der Waals surface area (Å²) in [5, 5.41) is 14.1. The van der Waals surface area contributed by atoms with E-state index < -0.39 is 5.97 Å². The van der Waals surface area contributed by atoms with E-state index in [4.69, 9.17) is 19.4 Å². The predicted molar refractivity (Wildman–Crippen MR) is 105 cm³/mol. The van der Waals surface area contributed by atoms with Crippen LogP contribution in [0.4, 0.5) is 0 Å². The lowest BCUT2D eigenvalue weighted by atomic mass is 9.94. The molecule has 25 heavy (non-hydrogen) atoms. The third-order valence-electron chi connectivity index (χ3n) is 4.30. The van der Waals surface area contributed by atoms with Crippen molar-refractivity contribution in [3.05, 3.63) is 64.1 Å². The molecule has 0 spiro atoms. The van der Waals surface area contributed by atoms with Gasteiger partial charge in [-0.1, -0.05) is 41.3 Å². The van der Waals surface area contributed by atoms with Gasteiger partial charge in [-0.3, -0.25) is 4.79 Å². The van der Waals surface area contributed by atoms with Crippen molar-refractivity contribution in [2.45, 2.75) is 13.0 Å². The summed E-state index contributed by atoms with van der Waals surface area (Å²) in [6.07, 6.45) is 1.90. The second-order valence-electron chi connectivity index (χ2n) is 6.01. The van der Waals surface area contributed by atoms with E-state index in [9.17, 15) is 9.90 Å². The number of nitrogens with zero attached hydrogens (tertiary/aromatic N) is 1. The zero-order valence-corrected chi connectivity index (χ0v) is 14.8. The molecule has 2 radical (unpaired) electrons. The molecule has 6 heteroatoms. The Morgan fingerprint density at radius 3 is 2.84 bits per heavy atom. The van der Waals surface area contributed by atoms with Crippen molar-refractivity contribution >= 4 is 63.2 Å². The molecule has 0 aliphatic heterocycles. The van der Waals surface area contributed by atoms with E-state index in [2.05, 4.69) is 16.0 Å². The molecular weight excluding hydrogens is 353 g/mol. The number of halogens is 1. The summed E-state index contributed by atoms with van der Waals surface area (Å²) < 4.78 is 3.13. The van der Waals surface area contributed by atoms with Crippen LogP contribution in [0.25, 0.3) is 21.0 Å². The first-order chi connectivity index (χ1) is 12.0. The molecule has 0 amide bonds. The first-order valence-electron chi connectivity index (χ1n) is 7.76. The van der Waals surface area contributed by atoms with E-state index >= 15 is 0 Å². The zero-order valence-electron chi connectivity index (χ0n) is 13.2. The van der Waals surface area contributed by atoms with Crippen molar-refractivity contribution in [1.82, 2.24) is 4.57 Å². The maximum atomic E-state index is 11.2. The lowest BCUT2D eigenvalue weighted by molar-refractivity contribution is -0.136. The number of rotatable bonds is 4. The molecule has 122 valence electrons. The molecule has 4 aromatic rings. The molecule has 0 aliphatic carbocycles. The lowest BCUT2D eigenvalue weighted by Crippen LogP contribution is -2.03. The number of fused-ring (bicyclic) bond motifs is 2. The molecule has 4 rings (SSSR count). The molecule has 0 fully saturated rings. The number of hydrogen-bond acceptors (Lipinski definition) is 2. The highest BCUT2D eigenvalue weighted by Crippen LogP contribution is 2.33. The van der Waals surface area contributed by atoms with Gasteiger partial charge >= 0.3 is 5.97 Å². The van der Waals surface area contributed by atoms with Crippen molar-refractivity contribution in [2.75, 3.05) is 0 Å². The molecule has 1 N–H and O–H groups in total. The van der Waals surface area contributed by atoms with Crippen molar-refractivity contribution < 1.29 is 9.90 Å². The monoisotopic (exact) mass is 365 g/mol. The predicted octanol–water partition coefficient (Wildman–Crippen LogP) is 3.98. The van der Waals surface area contributed by atoms with Crippen LogP contribution in [0.1, 0.15) is 11.1 Å². The van der Waals surface area contributed by atoms with Gasteiger partial charge in [0.25, 0.3) is 0 Å². The van der Waals surface area contributed by atoms with Crippen molar-refractivity contribution in [3.8, 4) is 0 Å². The number of thiophene rings is 1. The Morgan fingerprint density at radius 2 is 2.04 bits per heavy atom. The Balaban J connectivity index is 1.84. The molecule has 0 bridgehead atoms. The highest BCUT2D eigenvalue weighted by atomic mass is 35.5. The van der Waals surface area contributed by atoms with Gasteiger partial charge in [0.2, 0.25) is 0 Å². The van der Waals surface area contributed by atoms with Crippen molar-refractivity contribution in [3.63, 3.8) is 0 Å². The Bertz CT molecular complexity index is 1120. The van der Waals surface area contributed by atoms with E-state index in [1.54, 1.807) is 17.4 Å². The fraction of sp³-hybridized carbons (Fsp3) is 0.105. The van der Waals surface area contributed by atoms with Crippen LogP contribution in [-0.2, 0) is 17.8 Å². The Hall–Kier alpha value is -2.24. The Morgan fingerprint density at radius 1 is 1.20 bits per heavy atom. The van der Waals surface area contributed by atoms with Gasteiger partial charge in [-0.05, 0) is 34.0 Å². The fourth-order valence-electron chi connectivity index (χ4n) is 3.20. The molecule has 2 aromatic carbocycles. The number of aliphatic carboxylic acids is 1. The number of carboxylic acids is 1. The van der Waals surface area contributed by atoms with Crippen LogP contribution in [0.3, 0.4) is 0 Å². The Labute approximate surface area is 154 Å². The van der Waals surface area contributed by atoms with Crippen molar-refractivity contribution in [2.24, 2.45) is 0 Å². The van der Waals surface area contributed by atoms with Crippen LogP contribution < -0.4 is 5.46 Å². The number of carboxylic acid groups (broad SMARTS) is 1. The molecule has 0 unspecified atom stereocenters. The van der Waals surface area contributed by atoms with Gasteiger partial charge in [0.15, 0.2) is 0 Å². The van der Waals surface area contributed by atoms with Crippen LogP contribution >= 0.6 is 22.9 Å². The van der Waals surface area contributed by atoms with E-state index in [1.807, 2.05) is 30.5 Å². The third kappa shape index (κ3) is 2.94. The van der Waals surface area contributed by atoms with Crippen LogP contribution in [-0.4, -0.2) is 23.5 Å². The summed E-state index contributed by atoms with van der Waals surface area (Å²) in [5.74, 6) is -0.844. The summed E-state index contributed by atoms with van der Waals surface area (Å²) in [7, 11) is 5.94. The van der Waals surface area contributed by atoms with Gasteiger partial charge in [0, 0.05) is 23.6 Å². The molecular formula is C19H13BClNO2S. The molecule has 2 aromatic heterocycles. The average Bonchev–Trinajstić information content (AvgIpc) is 3.11. The molecule has 0 aliphatic rings. The van der Waals surface area contributed by atoms with Gasteiger partial charge in [0.1, 0.15) is 7.85 Å². The minimum absolute atomic E-state index is 0.0103. The van der Waals surface area contributed by atoms with Crippen LogP contribution in [0, 0.1) is 0 Å². The first kappa shape index (κ1) is 16.2. The lowest BCUT2D eigenvalue weighted by Gasteiger charge is -2.06. The molecule has 0 saturated carbocycles. The van der Waals surface area contributed by atoms with Gasteiger partial charge in [-0.25, -0.2) is 0 Å². The Kier molecular flexibility index (Phi) is 4.06. The van der Waals surface area contributed by atoms with Crippen LogP contribution in [0.15, 0.2) is 48.0 Å². The second-order valence-corrected chi connectivity index (χ2v) is 7.29. The smallest absolute Gasteiger partial charge is 0.307 e. The summed E-state index contributed by atoms with van der Waals surface area (Å²) in [5.41, 5.74) is 3.55. The number of aromatic nitrogens is 1. The van der Waals surface area contributed by atoms with E-state index in [-0.39, 0.29) is 6.42 Å². The largest absolute Gasteiger partial charge is 0.481 e. The molecule has 0 atom stereocenters. The average molecular weight is 366 g/mol. The maximum Gasteiger partial charge on any atom is 0.307 e. The van der Waals surface area contributed by atoms with Crippen LogP contribution in [0.2, 0.25) is 5.02 Å². The molecule has 3 nitrogen and oxygen atoms in total. The summed E-state index contributed by atoms with van der Waals surface area (Å²) in [6, 6.07) is 11.5. The van der Waals surface area contributed by atoms with E-state index in [0.717, 1.165) is 37.1 Å². The summed E-state index contributed by atoms with van der Waals surface area (Å²) in [6.45, 7) is 0.639. The van der Waals surface area contributed by atoms with Crippen molar-refractivity contribution in [1.29, 1.82) is 0 Å². The number of benzene rings is 2. The van der Waals surface area contributed by atoms with Crippen LogP contribution in [0.5, 0.6) is 0 Å². The highest BCUT2D eigenvalue weighted by molar-refractivity contribution is 7.18. The summed E-state index contributed by atoms with van der Waals surface area (Å²) in [4.78, 5) is 11.2. The first-order valence-corrected chi connectivity index (χ1v) is 9.02. The zero-order chi connectivity index (χ0) is 17.6. The van der Waals surface area contributed by atoms with Gasteiger partial charge < -0.3 is 9.67 Å². The number of hydrogen-bond donors (Lipinski definition) is 1. The van der Waals surface area contributed by atoms with Gasteiger partial charge in [0.05, 0.1) is 16.1 Å². The minimum atomic E-state index is -0.844. The fourth-order valence-corrected chi connectivity index (χ4v) is 4.48. The maximum absolute atomic E-state index is 11.2. The molecule has 2 heterocycles. The van der Waals surface area contributed by atoms with Gasteiger partial charge in [-0.15, -0.1) is 11.3 Å². The quantitative estimate of drug-likeness (QED) is 0.556. The SMILES string of the molecule is [B]c1ccc2c(CC(=O)O)cn(Cc3csc4c(Cl)cccc34)c2c1. The van der Waals surface area contributed by atoms with E-state index in [1.165, 1.54) is 0 Å². The highest BCUT2D eigenvalue weighted by Gasteiger charge is 2.14. The third-order valence-corrected chi connectivity index (χ3v) is 5.81. The minimum Gasteiger partial charge on any atom is -0.481 e. The second kappa shape index (κ2) is 6.25. The standard InChI is InChI=1S/C19H13BClNO2S/c20-13-4-5-14-11(6-18(23)24)8-22(17(14)7-13)9-12-10-25-19-15(12)2-1-3-16(19)21/h1-5,7-8,10H,6,9H2,(H,23,24). The number of carbonyl (C=O) groups is 1. The topological polar surface area (TPSA) is 42.2 Å².